The Balaban J connectivity index is 2.38. The van der Waals surface area contributed by atoms with Gasteiger partial charge in [-0.2, -0.15) is 0 Å². The first kappa shape index (κ1) is 12.2. The van der Waals surface area contributed by atoms with E-state index in [2.05, 4.69) is 4.72 Å². The van der Waals surface area contributed by atoms with Crippen LogP contribution in [0.1, 0.15) is 19.3 Å². The van der Waals surface area contributed by atoms with Crippen LogP contribution in [-0.4, -0.2) is 39.3 Å². The highest BCUT2D eigenvalue weighted by Crippen LogP contribution is 2.14. The van der Waals surface area contributed by atoms with Gasteiger partial charge in [0, 0.05) is 25.6 Å². The van der Waals surface area contributed by atoms with Crippen LogP contribution in [-0.2, 0) is 14.8 Å². The summed E-state index contributed by atoms with van der Waals surface area (Å²) in [7, 11) is -3.14. The number of nitrogens with one attached hydrogen (secondary N) is 1. The number of sulfonamides is 1. The van der Waals surface area contributed by atoms with E-state index in [1.165, 1.54) is 0 Å². The molecule has 1 rings (SSSR count). The van der Waals surface area contributed by atoms with Gasteiger partial charge in [0.2, 0.25) is 10.0 Å². The van der Waals surface area contributed by atoms with E-state index in [0.29, 0.717) is 44.9 Å². The molecule has 0 bridgehead atoms. The topological polar surface area (TPSA) is 55.4 Å². The zero-order valence-corrected chi connectivity index (χ0v) is 9.61. The van der Waals surface area contributed by atoms with E-state index in [1.54, 1.807) is 0 Å². The number of ether oxygens (including phenoxy) is 1. The van der Waals surface area contributed by atoms with Crippen molar-refractivity contribution in [2.75, 3.05) is 25.6 Å². The third-order valence-corrected chi connectivity index (χ3v) is 4.44. The highest BCUT2D eigenvalue weighted by atomic mass is 35.5. The summed E-state index contributed by atoms with van der Waals surface area (Å²) in [5.74, 6) is 0.482. The van der Waals surface area contributed by atoms with Crippen LogP contribution in [0.2, 0.25) is 0 Å². The molecule has 0 amide bonds. The molecule has 0 atom stereocenters. The van der Waals surface area contributed by atoms with Gasteiger partial charge in [0.25, 0.3) is 0 Å². The standard InChI is InChI=1S/C8H16ClNO3S/c9-4-1-5-10-14(11,12)8-2-6-13-7-3-8/h8,10H,1-7H2. The minimum Gasteiger partial charge on any atom is -0.381 e. The average Bonchev–Trinajstić information content (AvgIpc) is 2.19. The molecule has 0 aromatic heterocycles. The van der Waals surface area contributed by atoms with Gasteiger partial charge in [0.1, 0.15) is 0 Å². The number of rotatable bonds is 5. The molecule has 1 N–H and O–H groups in total. The molecule has 1 fully saturated rings. The number of alkyl halides is 1. The molecule has 0 spiro atoms. The van der Waals surface area contributed by atoms with Crippen molar-refractivity contribution in [2.45, 2.75) is 24.5 Å². The van der Waals surface area contributed by atoms with Gasteiger partial charge < -0.3 is 4.74 Å². The van der Waals surface area contributed by atoms with E-state index < -0.39 is 10.0 Å². The molecule has 0 unspecified atom stereocenters. The molecule has 0 aliphatic carbocycles. The molecule has 4 nitrogen and oxygen atoms in total. The lowest BCUT2D eigenvalue weighted by Crippen LogP contribution is -2.38. The second-order valence-corrected chi connectivity index (χ2v) is 5.72. The minimum atomic E-state index is -3.14. The monoisotopic (exact) mass is 241 g/mol. The van der Waals surface area contributed by atoms with Gasteiger partial charge in [-0.25, -0.2) is 13.1 Å². The fraction of sp³-hybridized carbons (Fsp3) is 1.00. The minimum absolute atomic E-state index is 0.286. The lowest BCUT2D eigenvalue weighted by Gasteiger charge is -2.22. The zero-order chi connectivity index (χ0) is 10.4. The first-order chi connectivity index (χ1) is 6.67. The zero-order valence-electron chi connectivity index (χ0n) is 8.04. The molecule has 14 heavy (non-hydrogen) atoms. The normalized spacial score (nSPS) is 19.8. The Hall–Kier alpha value is 0.160. The Labute approximate surface area is 90.0 Å². The first-order valence-electron chi connectivity index (χ1n) is 4.79. The van der Waals surface area contributed by atoms with Crippen molar-refractivity contribution in [1.82, 2.24) is 4.72 Å². The molecular weight excluding hydrogens is 226 g/mol. The van der Waals surface area contributed by atoms with E-state index in [4.69, 9.17) is 16.3 Å². The van der Waals surface area contributed by atoms with Crippen LogP contribution in [0.3, 0.4) is 0 Å². The predicted octanol–water partition coefficient (Wildman–Crippen LogP) is 0.714. The SMILES string of the molecule is O=S(=O)(NCCCCl)C1CCOCC1. The lowest BCUT2D eigenvalue weighted by molar-refractivity contribution is 0.0981. The Bertz CT molecular complexity index is 249. The van der Waals surface area contributed by atoms with E-state index in [0.717, 1.165) is 0 Å². The fourth-order valence-corrected chi connectivity index (χ4v) is 3.00. The van der Waals surface area contributed by atoms with Gasteiger partial charge in [-0.05, 0) is 19.3 Å². The van der Waals surface area contributed by atoms with E-state index >= 15 is 0 Å². The molecule has 0 aromatic rings. The van der Waals surface area contributed by atoms with Crippen molar-refractivity contribution >= 4 is 21.6 Å². The Morgan fingerprint density at radius 1 is 1.36 bits per heavy atom. The summed E-state index contributed by atoms with van der Waals surface area (Å²) in [5, 5.41) is -0.286. The number of halogens is 1. The maximum atomic E-state index is 11.7. The number of hydrogen-bond acceptors (Lipinski definition) is 3. The molecule has 0 saturated carbocycles. The van der Waals surface area contributed by atoms with Crippen LogP contribution in [0.5, 0.6) is 0 Å². The Morgan fingerprint density at radius 3 is 2.57 bits per heavy atom. The summed E-state index contributed by atoms with van der Waals surface area (Å²) in [6, 6.07) is 0. The second-order valence-electron chi connectivity index (χ2n) is 3.29. The molecule has 84 valence electrons. The van der Waals surface area contributed by atoms with Crippen molar-refractivity contribution < 1.29 is 13.2 Å². The quantitative estimate of drug-likeness (QED) is 0.570. The van der Waals surface area contributed by atoms with E-state index in [1.807, 2.05) is 0 Å². The highest BCUT2D eigenvalue weighted by Gasteiger charge is 2.26. The van der Waals surface area contributed by atoms with Crippen LogP contribution in [0.25, 0.3) is 0 Å². The molecule has 0 radical (unpaired) electrons. The van der Waals surface area contributed by atoms with Crippen molar-refractivity contribution in [1.29, 1.82) is 0 Å². The van der Waals surface area contributed by atoms with Crippen LogP contribution in [0.15, 0.2) is 0 Å². The lowest BCUT2D eigenvalue weighted by atomic mass is 10.2. The maximum Gasteiger partial charge on any atom is 0.214 e. The first-order valence-corrected chi connectivity index (χ1v) is 6.87. The predicted molar refractivity (Wildman–Crippen MR) is 56.1 cm³/mol. The maximum absolute atomic E-state index is 11.7. The van der Waals surface area contributed by atoms with E-state index in [9.17, 15) is 8.42 Å². The van der Waals surface area contributed by atoms with Crippen LogP contribution in [0, 0.1) is 0 Å². The van der Waals surface area contributed by atoms with E-state index in [-0.39, 0.29) is 5.25 Å². The molecule has 1 aliphatic rings. The summed E-state index contributed by atoms with van der Waals surface area (Å²) in [5.41, 5.74) is 0. The summed E-state index contributed by atoms with van der Waals surface area (Å²) in [4.78, 5) is 0. The van der Waals surface area contributed by atoms with Crippen molar-refractivity contribution in [3.05, 3.63) is 0 Å². The third-order valence-electron chi connectivity index (χ3n) is 2.22. The van der Waals surface area contributed by atoms with Crippen molar-refractivity contribution in [3.63, 3.8) is 0 Å². The second kappa shape index (κ2) is 5.90. The van der Waals surface area contributed by atoms with Gasteiger partial charge in [0.15, 0.2) is 0 Å². The molecule has 6 heteroatoms. The molecule has 0 aromatic carbocycles. The van der Waals surface area contributed by atoms with Crippen LogP contribution >= 0.6 is 11.6 Å². The summed E-state index contributed by atoms with van der Waals surface area (Å²) in [6.45, 7) is 1.52. The third kappa shape index (κ3) is 3.73. The summed E-state index contributed by atoms with van der Waals surface area (Å²) < 4.78 is 31.0. The van der Waals surface area contributed by atoms with Gasteiger partial charge in [-0.15, -0.1) is 11.6 Å². The van der Waals surface area contributed by atoms with Gasteiger partial charge in [-0.3, -0.25) is 0 Å². The summed E-state index contributed by atoms with van der Waals surface area (Å²) in [6.07, 6.45) is 1.86. The Kier molecular flexibility index (Phi) is 5.15. The molecule has 1 aliphatic heterocycles. The van der Waals surface area contributed by atoms with Gasteiger partial charge in [-0.1, -0.05) is 0 Å². The smallest absolute Gasteiger partial charge is 0.214 e. The molecule has 1 heterocycles. The highest BCUT2D eigenvalue weighted by molar-refractivity contribution is 7.90. The summed E-state index contributed by atoms with van der Waals surface area (Å²) >= 11 is 5.46. The van der Waals surface area contributed by atoms with Crippen molar-refractivity contribution in [3.8, 4) is 0 Å². The largest absolute Gasteiger partial charge is 0.381 e. The molecular formula is C8H16ClNO3S. The van der Waals surface area contributed by atoms with Gasteiger partial charge in [0.05, 0.1) is 5.25 Å². The average molecular weight is 242 g/mol. The number of hydrogen-bond donors (Lipinski definition) is 1. The van der Waals surface area contributed by atoms with Crippen LogP contribution in [0.4, 0.5) is 0 Å². The van der Waals surface area contributed by atoms with Gasteiger partial charge >= 0.3 is 0 Å². The van der Waals surface area contributed by atoms with Crippen LogP contribution < -0.4 is 4.72 Å². The molecule has 1 saturated heterocycles. The Morgan fingerprint density at radius 2 is 2.00 bits per heavy atom. The fourth-order valence-electron chi connectivity index (χ4n) is 1.39. The van der Waals surface area contributed by atoms with Crippen molar-refractivity contribution in [2.24, 2.45) is 0 Å².